The summed E-state index contributed by atoms with van der Waals surface area (Å²) in [5, 5.41) is 5.33. The Morgan fingerprint density at radius 1 is 1.12 bits per heavy atom. The molecule has 0 fully saturated rings. The Balaban J connectivity index is 1.67. The number of nitrogens with one attached hydrogen (secondary N) is 1. The zero-order chi connectivity index (χ0) is 17.6. The number of hydrogen-bond donors (Lipinski definition) is 2. The van der Waals surface area contributed by atoms with Crippen molar-refractivity contribution in [1.82, 2.24) is 4.98 Å². The number of aromatic nitrogens is 1. The van der Waals surface area contributed by atoms with E-state index in [-0.39, 0.29) is 6.10 Å². The molecule has 0 bridgehead atoms. The molecule has 5 nitrogen and oxygen atoms in total. The largest absolute Gasteiger partial charge is 0.491 e. The van der Waals surface area contributed by atoms with Crippen molar-refractivity contribution in [2.45, 2.75) is 26.5 Å². The molecule has 2 aromatic carbocycles. The molecular weight excluding hydrogens is 312 g/mol. The van der Waals surface area contributed by atoms with Crippen LogP contribution in [0.4, 0.5) is 5.69 Å². The molecule has 0 spiro atoms. The molecule has 0 aliphatic rings. The van der Waals surface area contributed by atoms with Crippen molar-refractivity contribution >= 4 is 22.4 Å². The monoisotopic (exact) mass is 334 g/mol. The second-order valence-electron chi connectivity index (χ2n) is 6.00. The van der Waals surface area contributed by atoms with Crippen molar-refractivity contribution in [3.63, 3.8) is 0 Å². The van der Waals surface area contributed by atoms with Gasteiger partial charge in [0.1, 0.15) is 5.75 Å². The van der Waals surface area contributed by atoms with Crippen LogP contribution in [-0.2, 0) is 6.54 Å². The Labute approximate surface area is 147 Å². The Morgan fingerprint density at radius 2 is 1.88 bits per heavy atom. The summed E-state index contributed by atoms with van der Waals surface area (Å²) in [5.41, 5.74) is 7.77. The molecular formula is C20H22N4O. The molecule has 0 unspecified atom stereocenters. The van der Waals surface area contributed by atoms with E-state index in [0.29, 0.717) is 12.5 Å². The SMILES string of the molecule is CC(C)Oc1ccc(NC(N)=NCc2nccc3ccccc23)cc1. The van der Waals surface area contributed by atoms with Crippen LogP contribution >= 0.6 is 0 Å². The van der Waals surface area contributed by atoms with Gasteiger partial charge in [-0.15, -0.1) is 0 Å². The molecule has 25 heavy (non-hydrogen) atoms. The van der Waals surface area contributed by atoms with Gasteiger partial charge in [-0.3, -0.25) is 4.98 Å². The first-order valence-electron chi connectivity index (χ1n) is 8.28. The molecule has 0 amide bonds. The van der Waals surface area contributed by atoms with E-state index in [4.69, 9.17) is 10.5 Å². The van der Waals surface area contributed by atoms with E-state index in [1.165, 1.54) is 0 Å². The summed E-state index contributed by atoms with van der Waals surface area (Å²) >= 11 is 0. The van der Waals surface area contributed by atoms with E-state index < -0.39 is 0 Å². The zero-order valence-corrected chi connectivity index (χ0v) is 14.4. The van der Waals surface area contributed by atoms with E-state index in [1.54, 1.807) is 6.20 Å². The lowest BCUT2D eigenvalue weighted by Gasteiger charge is -2.11. The molecule has 0 aliphatic carbocycles. The summed E-state index contributed by atoms with van der Waals surface area (Å²) in [6.07, 6.45) is 1.95. The van der Waals surface area contributed by atoms with Gasteiger partial charge in [-0.2, -0.15) is 0 Å². The van der Waals surface area contributed by atoms with Crippen LogP contribution in [0.1, 0.15) is 19.5 Å². The number of anilines is 1. The third-order valence-corrected chi connectivity index (χ3v) is 3.65. The van der Waals surface area contributed by atoms with Gasteiger partial charge in [0.05, 0.1) is 18.3 Å². The highest BCUT2D eigenvalue weighted by Gasteiger charge is 2.02. The number of benzene rings is 2. The molecule has 128 valence electrons. The van der Waals surface area contributed by atoms with Crippen LogP contribution in [-0.4, -0.2) is 17.0 Å². The average molecular weight is 334 g/mol. The van der Waals surface area contributed by atoms with Crippen LogP contribution in [0.2, 0.25) is 0 Å². The van der Waals surface area contributed by atoms with Gasteiger partial charge < -0.3 is 15.8 Å². The third-order valence-electron chi connectivity index (χ3n) is 3.65. The third kappa shape index (κ3) is 4.47. The molecule has 0 saturated heterocycles. The minimum Gasteiger partial charge on any atom is -0.491 e. The molecule has 1 heterocycles. The maximum Gasteiger partial charge on any atom is 0.193 e. The lowest BCUT2D eigenvalue weighted by molar-refractivity contribution is 0.242. The number of fused-ring (bicyclic) bond motifs is 1. The summed E-state index contributed by atoms with van der Waals surface area (Å²) in [7, 11) is 0. The smallest absolute Gasteiger partial charge is 0.193 e. The Morgan fingerprint density at radius 3 is 2.64 bits per heavy atom. The first-order valence-corrected chi connectivity index (χ1v) is 8.28. The van der Waals surface area contributed by atoms with Gasteiger partial charge in [0.15, 0.2) is 5.96 Å². The Bertz CT molecular complexity index is 867. The van der Waals surface area contributed by atoms with Crippen LogP contribution in [0.15, 0.2) is 65.8 Å². The number of guanidine groups is 1. The summed E-state index contributed by atoms with van der Waals surface area (Å²) in [4.78, 5) is 8.82. The summed E-state index contributed by atoms with van der Waals surface area (Å²) < 4.78 is 5.62. The summed E-state index contributed by atoms with van der Waals surface area (Å²) in [5.74, 6) is 1.18. The maximum absolute atomic E-state index is 6.00. The number of hydrogen-bond acceptors (Lipinski definition) is 3. The van der Waals surface area contributed by atoms with Crippen LogP contribution in [0, 0.1) is 0 Å². The van der Waals surface area contributed by atoms with Crippen LogP contribution in [0.5, 0.6) is 5.75 Å². The molecule has 5 heteroatoms. The number of aliphatic imine (C=N–C) groups is 1. The average Bonchev–Trinajstić information content (AvgIpc) is 2.61. The minimum atomic E-state index is 0.152. The number of nitrogens with two attached hydrogens (primary N) is 1. The molecule has 0 saturated carbocycles. The van der Waals surface area contributed by atoms with Crippen molar-refractivity contribution in [3.05, 3.63) is 66.5 Å². The molecule has 3 aromatic rings. The van der Waals surface area contributed by atoms with Crippen LogP contribution in [0.3, 0.4) is 0 Å². The zero-order valence-electron chi connectivity index (χ0n) is 14.4. The van der Waals surface area contributed by atoms with Crippen molar-refractivity contribution in [2.24, 2.45) is 10.7 Å². The highest BCUT2D eigenvalue weighted by Crippen LogP contribution is 2.18. The highest BCUT2D eigenvalue weighted by atomic mass is 16.5. The van der Waals surface area contributed by atoms with Crippen molar-refractivity contribution in [2.75, 3.05) is 5.32 Å². The lowest BCUT2D eigenvalue weighted by Crippen LogP contribution is -2.22. The second-order valence-corrected chi connectivity index (χ2v) is 6.00. The molecule has 0 radical (unpaired) electrons. The van der Waals surface area contributed by atoms with E-state index in [9.17, 15) is 0 Å². The van der Waals surface area contributed by atoms with Gasteiger partial charge in [-0.1, -0.05) is 24.3 Å². The highest BCUT2D eigenvalue weighted by molar-refractivity contribution is 5.92. The van der Waals surface area contributed by atoms with E-state index >= 15 is 0 Å². The quantitative estimate of drug-likeness (QED) is 0.547. The van der Waals surface area contributed by atoms with Gasteiger partial charge in [0.2, 0.25) is 0 Å². The molecule has 0 aliphatic heterocycles. The fourth-order valence-corrected chi connectivity index (χ4v) is 2.54. The normalized spacial score (nSPS) is 11.7. The van der Waals surface area contributed by atoms with Gasteiger partial charge in [-0.05, 0) is 49.6 Å². The van der Waals surface area contributed by atoms with Crippen LogP contribution < -0.4 is 15.8 Å². The van der Waals surface area contributed by atoms with Crippen molar-refractivity contribution in [1.29, 1.82) is 0 Å². The molecule has 0 atom stereocenters. The summed E-state index contributed by atoms with van der Waals surface area (Å²) in [6, 6.07) is 17.7. The van der Waals surface area contributed by atoms with Crippen molar-refractivity contribution in [3.8, 4) is 5.75 Å². The predicted octanol–water partition coefficient (Wildman–Crippen LogP) is 3.95. The van der Waals surface area contributed by atoms with Crippen LogP contribution in [0.25, 0.3) is 10.8 Å². The van der Waals surface area contributed by atoms with Crippen molar-refractivity contribution < 1.29 is 4.74 Å². The lowest BCUT2D eigenvalue weighted by atomic mass is 10.1. The van der Waals surface area contributed by atoms with Gasteiger partial charge in [-0.25, -0.2) is 4.99 Å². The number of ether oxygens (including phenoxy) is 1. The topological polar surface area (TPSA) is 72.5 Å². The van der Waals surface area contributed by atoms with E-state index in [1.807, 2.05) is 62.4 Å². The summed E-state index contributed by atoms with van der Waals surface area (Å²) in [6.45, 7) is 4.42. The first kappa shape index (κ1) is 16.8. The van der Waals surface area contributed by atoms with Gasteiger partial charge in [0, 0.05) is 17.3 Å². The van der Waals surface area contributed by atoms with Gasteiger partial charge >= 0.3 is 0 Å². The Hall–Kier alpha value is -3.08. The minimum absolute atomic E-state index is 0.152. The Kier molecular flexibility index (Phi) is 5.14. The standard InChI is InChI=1S/C20H22N4O/c1-14(2)25-17-9-7-16(8-10-17)24-20(21)23-13-19-18-6-4-3-5-15(18)11-12-22-19/h3-12,14H,13H2,1-2H3,(H3,21,23,24). The number of pyridine rings is 1. The molecule has 1 aromatic heterocycles. The number of nitrogens with zero attached hydrogens (tertiary/aromatic N) is 2. The predicted molar refractivity (Wildman–Crippen MR) is 103 cm³/mol. The second kappa shape index (κ2) is 7.66. The fourth-order valence-electron chi connectivity index (χ4n) is 2.54. The number of rotatable bonds is 5. The van der Waals surface area contributed by atoms with Gasteiger partial charge in [0.25, 0.3) is 0 Å². The maximum atomic E-state index is 6.00. The van der Waals surface area contributed by atoms with E-state index in [0.717, 1.165) is 27.9 Å². The molecule has 3 rings (SSSR count). The fraction of sp³-hybridized carbons (Fsp3) is 0.200. The molecule has 3 N–H and O–H groups in total. The van der Waals surface area contributed by atoms with E-state index in [2.05, 4.69) is 21.4 Å². The first-order chi connectivity index (χ1) is 12.1.